The van der Waals surface area contributed by atoms with Crippen LogP contribution in [0.25, 0.3) is 0 Å². The van der Waals surface area contributed by atoms with Crippen molar-refractivity contribution < 1.29 is 24.2 Å². The summed E-state index contributed by atoms with van der Waals surface area (Å²) in [6.07, 6.45) is -0.491. The van der Waals surface area contributed by atoms with Crippen LogP contribution in [0, 0.1) is 0 Å². The van der Waals surface area contributed by atoms with Crippen LogP contribution in [-0.2, 0) is 9.53 Å². The topological polar surface area (TPSA) is 72.8 Å². The zero-order chi connectivity index (χ0) is 12.8. The highest BCUT2D eigenvalue weighted by atomic mass is 16.5. The Morgan fingerprint density at radius 2 is 1.88 bits per heavy atom. The molecule has 0 saturated heterocycles. The minimum absolute atomic E-state index is 0.0707. The summed E-state index contributed by atoms with van der Waals surface area (Å²) in [7, 11) is 1.31. The monoisotopic (exact) mass is 238 g/mol. The average Bonchev–Trinajstić information content (AvgIpc) is 2.28. The van der Waals surface area contributed by atoms with Gasteiger partial charge in [-0.25, -0.2) is 4.79 Å². The van der Waals surface area contributed by atoms with E-state index in [-0.39, 0.29) is 6.42 Å². The number of esters is 1. The molecular formula is C12H14O5. The third kappa shape index (κ3) is 4.14. The molecule has 1 aromatic carbocycles. The Labute approximate surface area is 99.0 Å². The first-order chi connectivity index (χ1) is 8.02. The average molecular weight is 238 g/mol. The molecule has 0 aliphatic carbocycles. The number of benzene rings is 1. The van der Waals surface area contributed by atoms with Crippen LogP contribution in [0.2, 0.25) is 0 Å². The lowest BCUT2D eigenvalue weighted by Gasteiger charge is -2.12. The van der Waals surface area contributed by atoms with Gasteiger partial charge in [0.05, 0.1) is 19.1 Å². The molecule has 1 N–H and O–H groups in total. The molecule has 0 aromatic heterocycles. The fourth-order valence-corrected chi connectivity index (χ4v) is 1.31. The van der Waals surface area contributed by atoms with Crippen LogP contribution in [0.3, 0.4) is 0 Å². The molecule has 0 heterocycles. The summed E-state index contributed by atoms with van der Waals surface area (Å²) in [5.41, 5.74) is 0.422. The molecule has 0 aliphatic rings. The third-order valence-electron chi connectivity index (χ3n) is 2.07. The molecule has 5 heteroatoms. The predicted molar refractivity (Wildman–Crippen MR) is 60.1 cm³/mol. The van der Waals surface area contributed by atoms with Crippen molar-refractivity contribution >= 4 is 11.9 Å². The van der Waals surface area contributed by atoms with E-state index < -0.39 is 18.0 Å². The lowest BCUT2D eigenvalue weighted by molar-refractivity contribution is -0.138. The first kappa shape index (κ1) is 13.0. The molecule has 0 spiro atoms. The van der Waals surface area contributed by atoms with Gasteiger partial charge in [0.2, 0.25) is 0 Å². The number of hydrogen-bond acceptors (Lipinski definition) is 4. The molecule has 5 nitrogen and oxygen atoms in total. The molecule has 0 radical (unpaired) electrons. The Hall–Kier alpha value is -2.04. The molecule has 1 unspecified atom stereocenters. The summed E-state index contributed by atoms with van der Waals surface area (Å²) in [6, 6.07) is 6.33. The van der Waals surface area contributed by atoms with Gasteiger partial charge in [-0.05, 0) is 31.2 Å². The molecule has 0 bridgehead atoms. The first-order valence-corrected chi connectivity index (χ1v) is 5.09. The normalized spacial score (nSPS) is 11.6. The first-order valence-electron chi connectivity index (χ1n) is 5.09. The minimum Gasteiger partial charge on any atom is -0.490 e. The number of aliphatic carboxylic acids is 1. The molecule has 0 saturated carbocycles. The van der Waals surface area contributed by atoms with Crippen LogP contribution in [0.5, 0.6) is 5.75 Å². The van der Waals surface area contributed by atoms with Gasteiger partial charge in [0.15, 0.2) is 0 Å². The molecule has 0 amide bonds. The molecule has 1 rings (SSSR count). The lowest BCUT2D eigenvalue weighted by atomic mass is 10.2. The predicted octanol–water partition coefficient (Wildman–Crippen LogP) is 1.72. The van der Waals surface area contributed by atoms with Gasteiger partial charge in [-0.1, -0.05) is 0 Å². The van der Waals surface area contributed by atoms with Crippen molar-refractivity contribution in [2.45, 2.75) is 19.4 Å². The van der Waals surface area contributed by atoms with Crippen molar-refractivity contribution in [3.8, 4) is 5.75 Å². The fourth-order valence-electron chi connectivity index (χ4n) is 1.31. The number of carbonyl (C=O) groups is 2. The highest BCUT2D eigenvalue weighted by molar-refractivity contribution is 5.89. The Morgan fingerprint density at radius 3 is 2.35 bits per heavy atom. The van der Waals surface area contributed by atoms with Gasteiger partial charge in [-0.2, -0.15) is 0 Å². The molecule has 0 aliphatic heterocycles. The second-order valence-electron chi connectivity index (χ2n) is 3.54. The number of methoxy groups -OCH3 is 1. The molecule has 92 valence electrons. The van der Waals surface area contributed by atoms with Crippen molar-refractivity contribution in [1.82, 2.24) is 0 Å². The summed E-state index contributed by atoms with van der Waals surface area (Å²) in [4.78, 5) is 21.6. The van der Waals surface area contributed by atoms with Crippen LogP contribution in [0.4, 0.5) is 0 Å². The maximum absolute atomic E-state index is 11.2. The summed E-state index contributed by atoms with van der Waals surface area (Å²) in [5, 5.41) is 8.57. The standard InChI is InChI=1S/C12H14O5/c1-8(7-11(13)14)17-10-5-3-9(4-6-10)12(15)16-2/h3-6,8H,7H2,1-2H3,(H,13,14). The van der Waals surface area contributed by atoms with Crippen LogP contribution in [0.15, 0.2) is 24.3 Å². The fraction of sp³-hybridized carbons (Fsp3) is 0.333. The van der Waals surface area contributed by atoms with E-state index in [0.29, 0.717) is 11.3 Å². The van der Waals surface area contributed by atoms with Gasteiger partial charge in [0, 0.05) is 0 Å². The lowest BCUT2D eigenvalue weighted by Crippen LogP contribution is -2.16. The highest BCUT2D eigenvalue weighted by Crippen LogP contribution is 2.15. The van der Waals surface area contributed by atoms with Crippen molar-refractivity contribution in [2.24, 2.45) is 0 Å². The van der Waals surface area contributed by atoms with Gasteiger partial charge in [0.1, 0.15) is 11.9 Å². The maximum Gasteiger partial charge on any atom is 0.337 e. The van der Waals surface area contributed by atoms with Gasteiger partial charge in [-0.15, -0.1) is 0 Å². The number of rotatable bonds is 5. The molecule has 1 aromatic rings. The van der Waals surface area contributed by atoms with E-state index >= 15 is 0 Å². The second-order valence-corrected chi connectivity index (χ2v) is 3.54. The molecule has 1 atom stereocenters. The third-order valence-corrected chi connectivity index (χ3v) is 2.07. The van der Waals surface area contributed by atoms with E-state index in [2.05, 4.69) is 4.74 Å². The van der Waals surface area contributed by atoms with E-state index in [1.54, 1.807) is 31.2 Å². The quantitative estimate of drug-likeness (QED) is 0.790. The number of carboxylic acid groups (broad SMARTS) is 1. The van der Waals surface area contributed by atoms with Gasteiger partial charge in [0.25, 0.3) is 0 Å². The zero-order valence-corrected chi connectivity index (χ0v) is 9.67. The summed E-state index contributed by atoms with van der Waals surface area (Å²) < 4.78 is 9.91. The van der Waals surface area contributed by atoms with E-state index in [1.807, 2.05) is 0 Å². The Kier molecular flexibility index (Phi) is 4.51. The van der Waals surface area contributed by atoms with E-state index in [9.17, 15) is 9.59 Å². The maximum atomic E-state index is 11.2. The SMILES string of the molecule is COC(=O)c1ccc(OC(C)CC(=O)O)cc1. The molecule has 17 heavy (non-hydrogen) atoms. The van der Waals surface area contributed by atoms with Crippen LogP contribution < -0.4 is 4.74 Å². The smallest absolute Gasteiger partial charge is 0.337 e. The number of carboxylic acids is 1. The number of ether oxygens (including phenoxy) is 2. The van der Waals surface area contributed by atoms with Crippen molar-refractivity contribution in [3.05, 3.63) is 29.8 Å². The van der Waals surface area contributed by atoms with E-state index in [4.69, 9.17) is 9.84 Å². The number of carbonyl (C=O) groups excluding carboxylic acids is 1. The Morgan fingerprint density at radius 1 is 1.29 bits per heavy atom. The van der Waals surface area contributed by atoms with Crippen molar-refractivity contribution in [3.63, 3.8) is 0 Å². The summed E-state index contributed by atoms with van der Waals surface area (Å²) in [5.74, 6) is -0.815. The van der Waals surface area contributed by atoms with Crippen molar-refractivity contribution in [1.29, 1.82) is 0 Å². The van der Waals surface area contributed by atoms with Crippen molar-refractivity contribution in [2.75, 3.05) is 7.11 Å². The summed E-state index contributed by atoms with van der Waals surface area (Å²) >= 11 is 0. The van der Waals surface area contributed by atoms with Gasteiger partial charge < -0.3 is 14.6 Å². The molecular weight excluding hydrogens is 224 g/mol. The molecule has 0 fully saturated rings. The summed E-state index contributed by atoms with van der Waals surface area (Å²) in [6.45, 7) is 1.67. The van der Waals surface area contributed by atoms with Crippen LogP contribution in [-0.4, -0.2) is 30.3 Å². The van der Waals surface area contributed by atoms with E-state index in [1.165, 1.54) is 7.11 Å². The second kappa shape index (κ2) is 5.89. The van der Waals surface area contributed by atoms with Gasteiger partial charge in [-0.3, -0.25) is 4.79 Å². The highest BCUT2D eigenvalue weighted by Gasteiger charge is 2.10. The van der Waals surface area contributed by atoms with E-state index in [0.717, 1.165) is 0 Å². The number of hydrogen-bond donors (Lipinski definition) is 1. The van der Waals surface area contributed by atoms with Crippen LogP contribution >= 0.6 is 0 Å². The largest absolute Gasteiger partial charge is 0.490 e. The Bertz CT molecular complexity index is 396. The van der Waals surface area contributed by atoms with Gasteiger partial charge >= 0.3 is 11.9 Å². The zero-order valence-electron chi connectivity index (χ0n) is 9.67. The Balaban J connectivity index is 2.62. The van der Waals surface area contributed by atoms with Crippen LogP contribution in [0.1, 0.15) is 23.7 Å². The minimum atomic E-state index is -0.913.